The highest BCUT2D eigenvalue weighted by Crippen LogP contribution is 2.60. The average molecular weight is 1650 g/mol. The number of para-hydroxylation sites is 1. The van der Waals surface area contributed by atoms with E-state index in [2.05, 4.69) is 0 Å². The molecule has 16 aromatic carbocycles. The first-order valence-electron chi connectivity index (χ1n) is 40.3. The molecule has 0 saturated carbocycles. The summed E-state index contributed by atoms with van der Waals surface area (Å²) in [7, 11) is 0. The van der Waals surface area contributed by atoms with Crippen molar-refractivity contribution in [3.05, 3.63) is 484 Å². The van der Waals surface area contributed by atoms with E-state index in [1.807, 2.05) is 334 Å². The number of carbonyl (C=O) groups excluding carboxylic acids is 4. The molecule has 0 saturated heterocycles. The first kappa shape index (κ1) is 75.7. The highest BCUT2D eigenvalue weighted by Gasteiger charge is 2.54. The summed E-state index contributed by atoms with van der Waals surface area (Å²) < 4.78 is 103. The lowest BCUT2D eigenvalue weighted by Gasteiger charge is -2.28. The highest BCUT2D eigenvalue weighted by molar-refractivity contribution is 5.99. The first-order chi connectivity index (χ1) is 61.4. The van der Waals surface area contributed by atoms with E-state index in [-0.39, 0.29) is 109 Å². The van der Waals surface area contributed by atoms with E-state index in [0.717, 1.165) is 5.56 Å². The molecule has 0 unspecified atom stereocenters. The third kappa shape index (κ3) is 13.5. The standard InChI is InChI=1S/C106H68O19/c107-98(112-83-57-34-58-84-93(83)121-102(116-84,73-37-14-2-15-38-73)74-39-16-3-17-40-74)70-60-86(95-90(64-70)118-104(123-95,77-45-22-6-23-46-77)78-47-24-7-25-48-78)114-100(109)72-62-88(97-92(66-72)120-106(125-97,81-53-30-10-31-54-81)82-55-32-11-33-56-82)115-101(110)71-61-87(96-91(65-71)119-105(124-96,79-49-26-8-27-50-79)80-51-28-9-29-52-80)113-99(108)69-59-85(111-67-68-35-12-1-13-36-68)94-89(63-69)117-103(122-94,75-41-18-4-19-42-75)76-43-20-5-21-44-76/h1-66H,67H2. The Kier molecular flexibility index (Phi) is 18.8. The number of ether oxygens (including phenoxy) is 15. The molecule has 5 aliphatic rings. The predicted molar refractivity (Wildman–Crippen MR) is 457 cm³/mol. The van der Waals surface area contributed by atoms with Gasteiger partial charge in [-0.2, -0.15) is 0 Å². The van der Waals surface area contributed by atoms with Crippen molar-refractivity contribution in [2.24, 2.45) is 0 Å². The van der Waals surface area contributed by atoms with Crippen LogP contribution in [0.3, 0.4) is 0 Å². The maximum atomic E-state index is 16.0. The molecule has 0 fully saturated rings. The summed E-state index contributed by atoms with van der Waals surface area (Å²) in [5.74, 6) is -12.8. The molecule has 0 aromatic heterocycles. The van der Waals surface area contributed by atoms with Gasteiger partial charge in [0.25, 0.3) is 0 Å². The zero-order valence-corrected chi connectivity index (χ0v) is 66.1. The molecular weight excluding hydrogens is 1580 g/mol. The number of hydrogen-bond donors (Lipinski definition) is 0. The number of benzene rings is 16. The number of hydrogen-bond acceptors (Lipinski definition) is 19. The molecule has 0 amide bonds. The van der Waals surface area contributed by atoms with Crippen molar-refractivity contribution in [3.8, 4) is 86.2 Å². The molecule has 5 heterocycles. The first-order valence-corrected chi connectivity index (χ1v) is 40.3. The topological polar surface area (TPSA) is 207 Å². The van der Waals surface area contributed by atoms with Crippen LogP contribution in [0, 0.1) is 0 Å². The van der Waals surface area contributed by atoms with Gasteiger partial charge in [-0.15, -0.1) is 0 Å². The minimum absolute atomic E-state index is 0.00560. The van der Waals surface area contributed by atoms with E-state index in [9.17, 15) is 0 Å². The van der Waals surface area contributed by atoms with Gasteiger partial charge in [0.1, 0.15) is 6.61 Å². The average Bonchev–Trinajstić information content (AvgIpc) is 1.58. The lowest BCUT2D eigenvalue weighted by atomic mass is 9.97. The van der Waals surface area contributed by atoms with Crippen LogP contribution < -0.4 is 71.1 Å². The monoisotopic (exact) mass is 1640 g/mol. The Bertz CT molecular complexity index is 6600. The van der Waals surface area contributed by atoms with Gasteiger partial charge < -0.3 is 71.1 Å². The van der Waals surface area contributed by atoms with Crippen molar-refractivity contribution < 1.29 is 90.2 Å². The Morgan fingerprint density at radius 2 is 0.392 bits per heavy atom. The van der Waals surface area contributed by atoms with E-state index in [0.29, 0.717) is 61.4 Å². The van der Waals surface area contributed by atoms with E-state index in [1.165, 1.54) is 48.5 Å². The zero-order chi connectivity index (χ0) is 84.1. The maximum Gasteiger partial charge on any atom is 0.343 e. The number of carbonyl (C=O) groups is 4. The van der Waals surface area contributed by atoms with Crippen LogP contribution in [0.5, 0.6) is 86.2 Å². The molecule has 19 heteroatoms. The second kappa shape index (κ2) is 31.1. The maximum absolute atomic E-state index is 16.0. The summed E-state index contributed by atoms with van der Waals surface area (Å²) in [5.41, 5.74) is 5.94. The molecule has 0 atom stereocenters. The summed E-state index contributed by atoms with van der Waals surface area (Å²) in [4.78, 5) is 62.9. The van der Waals surface area contributed by atoms with Crippen LogP contribution in [-0.4, -0.2) is 23.9 Å². The molecule has 5 aliphatic heterocycles. The van der Waals surface area contributed by atoms with E-state index < -0.39 is 52.8 Å². The van der Waals surface area contributed by atoms with Gasteiger partial charge >= 0.3 is 52.8 Å². The quantitative estimate of drug-likeness (QED) is 0.0484. The van der Waals surface area contributed by atoms with Crippen LogP contribution in [-0.2, 0) is 35.5 Å². The van der Waals surface area contributed by atoms with Gasteiger partial charge in [0.15, 0.2) is 57.5 Å². The number of esters is 4. The summed E-state index contributed by atoms with van der Waals surface area (Å²) in [6.45, 7) is 0.0635. The predicted octanol–water partition coefficient (Wildman–Crippen LogP) is 21.5. The fraction of sp³-hybridized carbons (Fsp3) is 0.0566. The summed E-state index contributed by atoms with van der Waals surface area (Å²) in [6.07, 6.45) is 0. The SMILES string of the molecule is O=C(Oc1cccc2c1OC(c1ccccc1)(c1ccccc1)O2)c1cc(OC(=O)c2cc(OC(=O)c3cc(OC(=O)c4cc(OCc5ccccc5)c5c(c4)OC(c4ccccc4)(c4ccccc4)O5)c4c(c3)OC(c3ccccc3)(c3ccccc3)O4)c3c(c2)OC(c2ccccc2)(c2ccccc2)O3)c2c(c1)OC(c1ccccc1)(c1ccccc1)O2. The molecule has 21 rings (SSSR count). The van der Waals surface area contributed by atoms with Gasteiger partial charge in [-0.1, -0.05) is 340 Å². The summed E-state index contributed by atoms with van der Waals surface area (Å²) in [6, 6.07) is 118. The smallest absolute Gasteiger partial charge is 0.343 e. The normalized spacial score (nSPS) is 14.7. The Morgan fingerprint density at radius 3 is 0.640 bits per heavy atom. The lowest BCUT2D eigenvalue weighted by molar-refractivity contribution is -0.0471. The molecule has 0 spiro atoms. The van der Waals surface area contributed by atoms with E-state index >= 15 is 19.2 Å². The third-order valence-corrected chi connectivity index (χ3v) is 22.1. The van der Waals surface area contributed by atoms with Crippen molar-refractivity contribution >= 4 is 23.9 Å². The molecule has 606 valence electrons. The molecule has 0 aliphatic carbocycles. The fourth-order valence-corrected chi connectivity index (χ4v) is 16.1. The van der Waals surface area contributed by atoms with E-state index in [4.69, 9.17) is 71.1 Å². The van der Waals surface area contributed by atoms with Crippen molar-refractivity contribution in [1.82, 2.24) is 0 Å². The zero-order valence-electron chi connectivity index (χ0n) is 66.1. The van der Waals surface area contributed by atoms with Gasteiger partial charge in [0.2, 0.25) is 28.7 Å². The van der Waals surface area contributed by atoms with Crippen molar-refractivity contribution in [1.29, 1.82) is 0 Å². The number of fused-ring (bicyclic) bond motifs is 5. The molecule has 0 bridgehead atoms. The van der Waals surface area contributed by atoms with Gasteiger partial charge in [-0.25, -0.2) is 19.2 Å². The highest BCUT2D eigenvalue weighted by atomic mass is 16.8. The van der Waals surface area contributed by atoms with Crippen LogP contribution >= 0.6 is 0 Å². The summed E-state index contributed by atoms with van der Waals surface area (Å²) >= 11 is 0. The second-order valence-electron chi connectivity index (χ2n) is 29.9. The lowest BCUT2D eigenvalue weighted by Crippen LogP contribution is -2.36. The van der Waals surface area contributed by atoms with Crippen molar-refractivity contribution in [2.75, 3.05) is 0 Å². The van der Waals surface area contributed by atoms with Crippen molar-refractivity contribution in [3.63, 3.8) is 0 Å². The molecule has 16 aromatic rings. The Hall–Kier alpha value is -16.8. The van der Waals surface area contributed by atoms with Crippen LogP contribution in [0.15, 0.2) is 400 Å². The third-order valence-electron chi connectivity index (χ3n) is 22.1. The van der Waals surface area contributed by atoms with E-state index in [1.54, 1.807) is 18.2 Å². The van der Waals surface area contributed by atoms with Crippen LogP contribution in [0.1, 0.15) is 103 Å². The van der Waals surface area contributed by atoms with Crippen LogP contribution in [0.2, 0.25) is 0 Å². The van der Waals surface area contributed by atoms with Gasteiger partial charge in [-0.3, -0.25) is 0 Å². The molecular formula is C106H68O19. The van der Waals surface area contributed by atoms with Crippen LogP contribution in [0.25, 0.3) is 0 Å². The van der Waals surface area contributed by atoms with Gasteiger partial charge in [-0.05, 0) is 66.2 Å². The molecule has 19 nitrogen and oxygen atoms in total. The number of rotatable bonds is 21. The summed E-state index contributed by atoms with van der Waals surface area (Å²) in [5, 5.41) is 0. The van der Waals surface area contributed by atoms with Crippen molar-refractivity contribution in [2.45, 2.75) is 35.5 Å². The largest absolute Gasteiger partial charge is 0.485 e. The second-order valence-corrected chi connectivity index (χ2v) is 29.9. The Balaban J connectivity index is 0.672. The Labute approximate surface area is 715 Å². The van der Waals surface area contributed by atoms with Gasteiger partial charge in [0, 0.05) is 55.6 Å². The molecule has 125 heavy (non-hydrogen) atoms. The molecule has 0 radical (unpaired) electrons. The minimum Gasteiger partial charge on any atom is -0.485 e. The van der Waals surface area contributed by atoms with Crippen LogP contribution in [0.4, 0.5) is 0 Å². The molecule has 0 N–H and O–H groups in total. The fourth-order valence-electron chi connectivity index (χ4n) is 16.1. The van der Waals surface area contributed by atoms with Gasteiger partial charge in [0.05, 0.1) is 22.3 Å². The Morgan fingerprint density at radius 1 is 0.192 bits per heavy atom. The minimum atomic E-state index is -1.79.